The van der Waals surface area contributed by atoms with E-state index >= 15 is 0 Å². The molecule has 2 N–H and O–H groups in total. The van der Waals surface area contributed by atoms with E-state index in [0.717, 1.165) is 4.90 Å². The number of benzene rings is 3. The minimum atomic E-state index is -0.921. The molecule has 4 rings (SSSR count). The number of rotatable bonds is 5. The van der Waals surface area contributed by atoms with Gasteiger partial charge in [-0.2, -0.15) is 0 Å². The molecule has 0 unspecified atom stereocenters. The molecule has 3 aromatic rings. The van der Waals surface area contributed by atoms with Crippen LogP contribution in [0.5, 0.6) is 11.5 Å². The van der Waals surface area contributed by atoms with Gasteiger partial charge in [0, 0.05) is 16.1 Å². The quantitative estimate of drug-likeness (QED) is 0.428. The number of amides is 4. The van der Waals surface area contributed by atoms with Crippen molar-refractivity contribution in [1.29, 1.82) is 0 Å². The zero-order valence-electron chi connectivity index (χ0n) is 16.9. The van der Waals surface area contributed by atoms with E-state index in [0.29, 0.717) is 10.6 Å². The standard InChI is InChI=1S/C24H16ClFN2O5/c25-16-5-10-21(33-13-14-3-1-2-4-20(14)26)15(11-16)12-19-22(30)27-24(32)28(23(19)31)17-6-8-18(29)9-7-17/h1-12,29H,13H2,(H,27,30,32)/b19-12-. The van der Waals surface area contributed by atoms with Gasteiger partial charge in [0.2, 0.25) is 0 Å². The van der Waals surface area contributed by atoms with E-state index < -0.39 is 23.7 Å². The van der Waals surface area contributed by atoms with Crippen LogP contribution in [0, 0.1) is 5.82 Å². The molecule has 1 aliphatic heterocycles. The molecule has 166 valence electrons. The average molecular weight is 467 g/mol. The first-order valence-electron chi connectivity index (χ1n) is 9.70. The Balaban J connectivity index is 1.68. The first kappa shape index (κ1) is 22.0. The van der Waals surface area contributed by atoms with Crippen LogP contribution in [0.15, 0.2) is 72.3 Å². The lowest BCUT2D eigenvalue weighted by atomic mass is 10.1. The number of urea groups is 1. The second kappa shape index (κ2) is 9.13. The third-order valence-corrected chi connectivity index (χ3v) is 5.06. The van der Waals surface area contributed by atoms with Crippen LogP contribution in [0.1, 0.15) is 11.1 Å². The van der Waals surface area contributed by atoms with Crippen LogP contribution in [-0.4, -0.2) is 23.0 Å². The van der Waals surface area contributed by atoms with Crippen LogP contribution in [0.4, 0.5) is 14.9 Å². The van der Waals surface area contributed by atoms with Gasteiger partial charge in [-0.3, -0.25) is 14.9 Å². The van der Waals surface area contributed by atoms with Gasteiger partial charge in [0.05, 0.1) is 5.69 Å². The molecule has 3 aromatic carbocycles. The smallest absolute Gasteiger partial charge is 0.335 e. The van der Waals surface area contributed by atoms with E-state index in [9.17, 15) is 23.9 Å². The highest BCUT2D eigenvalue weighted by Gasteiger charge is 2.37. The van der Waals surface area contributed by atoms with Crippen LogP contribution in [0.3, 0.4) is 0 Å². The number of carbonyl (C=O) groups is 3. The summed E-state index contributed by atoms with van der Waals surface area (Å²) in [5, 5.41) is 11.9. The van der Waals surface area contributed by atoms with E-state index in [1.54, 1.807) is 24.3 Å². The molecule has 1 heterocycles. The van der Waals surface area contributed by atoms with Crippen molar-refractivity contribution < 1.29 is 28.6 Å². The number of nitrogens with one attached hydrogen (secondary N) is 1. The molecule has 0 spiro atoms. The predicted octanol–water partition coefficient (Wildman–Crippen LogP) is 4.43. The second-order valence-electron chi connectivity index (χ2n) is 7.04. The number of aromatic hydroxyl groups is 1. The number of hydrogen-bond acceptors (Lipinski definition) is 5. The molecule has 0 bridgehead atoms. The molecule has 0 radical (unpaired) electrons. The summed E-state index contributed by atoms with van der Waals surface area (Å²) in [5.41, 5.74) is 0.440. The number of barbiturate groups is 1. The number of hydrogen-bond donors (Lipinski definition) is 2. The maximum atomic E-state index is 13.9. The summed E-state index contributed by atoms with van der Waals surface area (Å²) in [6, 6.07) is 15.1. The summed E-state index contributed by atoms with van der Waals surface area (Å²) < 4.78 is 19.7. The van der Waals surface area contributed by atoms with Crippen LogP contribution in [0.2, 0.25) is 5.02 Å². The maximum absolute atomic E-state index is 13.9. The molecule has 0 saturated carbocycles. The first-order valence-corrected chi connectivity index (χ1v) is 10.1. The molecule has 0 aromatic heterocycles. The van der Waals surface area contributed by atoms with Crippen LogP contribution < -0.4 is 15.0 Å². The number of phenols is 1. The average Bonchev–Trinajstić information content (AvgIpc) is 2.78. The number of anilines is 1. The topological polar surface area (TPSA) is 95.9 Å². The Morgan fingerprint density at radius 2 is 1.76 bits per heavy atom. The molecule has 1 aliphatic rings. The van der Waals surface area contributed by atoms with Crippen LogP contribution in [0.25, 0.3) is 6.08 Å². The summed E-state index contributed by atoms with van der Waals surface area (Å²) in [5.74, 6) is -1.99. The zero-order valence-corrected chi connectivity index (χ0v) is 17.7. The Hall–Kier alpha value is -4.17. The van der Waals surface area contributed by atoms with Gasteiger partial charge in [-0.15, -0.1) is 0 Å². The van der Waals surface area contributed by atoms with Crippen molar-refractivity contribution in [2.24, 2.45) is 0 Å². The van der Waals surface area contributed by atoms with Gasteiger partial charge >= 0.3 is 6.03 Å². The van der Waals surface area contributed by atoms with Crippen molar-refractivity contribution in [2.45, 2.75) is 6.61 Å². The maximum Gasteiger partial charge on any atom is 0.335 e. The fourth-order valence-corrected chi connectivity index (χ4v) is 3.36. The lowest BCUT2D eigenvalue weighted by molar-refractivity contribution is -0.122. The summed E-state index contributed by atoms with van der Waals surface area (Å²) in [6.07, 6.45) is 1.25. The summed E-state index contributed by atoms with van der Waals surface area (Å²) >= 11 is 6.09. The van der Waals surface area contributed by atoms with Crippen molar-refractivity contribution >= 4 is 41.2 Å². The van der Waals surface area contributed by atoms with Gasteiger partial charge in [-0.05, 0) is 54.6 Å². The highest BCUT2D eigenvalue weighted by atomic mass is 35.5. The predicted molar refractivity (Wildman–Crippen MR) is 119 cm³/mol. The number of carbonyl (C=O) groups excluding carboxylic acids is 3. The van der Waals surface area contributed by atoms with Gasteiger partial charge in [-0.25, -0.2) is 14.1 Å². The fourth-order valence-electron chi connectivity index (χ4n) is 3.18. The normalized spacial score (nSPS) is 15.0. The highest BCUT2D eigenvalue weighted by Crippen LogP contribution is 2.29. The van der Waals surface area contributed by atoms with Crippen molar-refractivity contribution in [2.75, 3.05) is 4.90 Å². The van der Waals surface area contributed by atoms with E-state index in [1.807, 2.05) is 0 Å². The van der Waals surface area contributed by atoms with E-state index in [4.69, 9.17) is 16.3 Å². The highest BCUT2D eigenvalue weighted by molar-refractivity contribution is 6.39. The van der Waals surface area contributed by atoms with Gasteiger partial charge in [0.25, 0.3) is 11.8 Å². The first-order chi connectivity index (χ1) is 15.8. The second-order valence-corrected chi connectivity index (χ2v) is 7.47. The lowest BCUT2D eigenvalue weighted by Gasteiger charge is -2.26. The Bertz CT molecular complexity index is 1290. The third kappa shape index (κ3) is 4.70. The largest absolute Gasteiger partial charge is 0.508 e. The molecule has 7 nitrogen and oxygen atoms in total. The number of ether oxygens (including phenoxy) is 1. The number of halogens is 2. The van der Waals surface area contributed by atoms with Gasteiger partial charge in [0.15, 0.2) is 0 Å². The number of imide groups is 2. The van der Waals surface area contributed by atoms with E-state index in [1.165, 1.54) is 48.5 Å². The molecule has 9 heteroatoms. The molecule has 33 heavy (non-hydrogen) atoms. The molecule has 4 amide bonds. The number of nitrogens with zero attached hydrogens (tertiary/aromatic N) is 1. The molecular formula is C24H16ClFN2O5. The van der Waals surface area contributed by atoms with Gasteiger partial charge in [0.1, 0.15) is 29.5 Å². The number of phenolic OH excluding ortho intramolecular Hbond substituents is 1. The Morgan fingerprint density at radius 1 is 1.03 bits per heavy atom. The monoisotopic (exact) mass is 466 g/mol. The lowest BCUT2D eigenvalue weighted by Crippen LogP contribution is -2.54. The van der Waals surface area contributed by atoms with Gasteiger partial charge in [-0.1, -0.05) is 29.8 Å². The summed E-state index contributed by atoms with van der Waals surface area (Å²) in [4.78, 5) is 38.6. The van der Waals surface area contributed by atoms with Crippen molar-refractivity contribution in [3.63, 3.8) is 0 Å². The Kier molecular flexibility index (Phi) is 6.10. The minimum Gasteiger partial charge on any atom is -0.508 e. The SMILES string of the molecule is O=C1NC(=O)N(c2ccc(O)cc2)C(=O)/C1=C\c1cc(Cl)ccc1OCc1ccccc1F. The Labute approximate surface area is 192 Å². The van der Waals surface area contributed by atoms with Crippen LogP contribution >= 0.6 is 11.6 Å². The summed E-state index contributed by atoms with van der Waals surface area (Å²) in [7, 11) is 0. The molecule has 0 aliphatic carbocycles. The van der Waals surface area contributed by atoms with E-state index in [2.05, 4.69) is 5.32 Å². The molecule has 1 saturated heterocycles. The zero-order chi connectivity index (χ0) is 23.5. The van der Waals surface area contributed by atoms with Crippen molar-refractivity contribution in [3.8, 4) is 11.5 Å². The van der Waals surface area contributed by atoms with Gasteiger partial charge < -0.3 is 9.84 Å². The fraction of sp³-hybridized carbons (Fsp3) is 0.0417. The minimum absolute atomic E-state index is 0.0500. The Morgan fingerprint density at radius 3 is 2.48 bits per heavy atom. The molecule has 0 atom stereocenters. The molecular weight excluding hydrogens is 451 g/mol. The summed E-state index contributed by atoms with van der Waals surface area (Å²) in [6.45, 7) is -0.0945. The van der Waals surface area contributed by atoms with Crippen LogP contribution in [-0.2, 0) is 16.2 Å². The third-order valence-electron chi connectivity index (χ3n) is 4.82. The van der Waals surface area contributed by atoms with Crippen molar-refractivity contribution in [3.05, 3.63) is 94.3 Å². The van der Waals surface area contributed by atoms with E-state index in [-0.39, 0.29) is 34.9 Å². The van der Waals surface area contributed by atoms with Crippen molar-refractivity contribution in [1.82, 2.24) is 5.32 Å². The molecule has 1 fully saturated rings.